The van der Waals surface area contributed by atoms with Gasteiger partial charge in [-0.1, -0.05) is 17.7 Å². The molecule has 7 nitrogen and oxygen atoms in total. The molecule has 0 radical (unpaired) electrons. The zero-order chi connectivity index (χ0) is 19.3. The predicted octanol–water partition coefficient (Wildman–Crippen LogP) is 3.98. The van der Waals surface area contributed by atoms with E-state index in [4.69, 9.17) is 0 Å². The molecule has 0 bridgehead atoms. The number of rotatable bonds is 5. The van der Waals surface area contributed by atoms with Crippen LogP contribution in [0.1, 0.15) is 16.7 Å². The summed E-state index contributed by atoms with van der Waals surface area (Å²) in [4.78, 5) is 22.3. The highest BCUT2D eigenvalue weighted by Crippen LogP contribution is 2.22. The van der Waals surface area contributed by atoms with Crippen molar-refractivity contribution in [1.29, 1.82) is 5.26 Å². The number of nitro benzene ring substituents is 1. The first-order chi connectivity index (χ1) is 12.3. The van der Waals surface area contributed by atoms with Crippen molar-refractivity contribution in [3.05, 3.63) is 75.0 Å². The van der Waals surface area contributed by atoms with Gasteiger partial charge in [0.25, 0.3) is 11.6 Å². The maximum atomic E-state index is 12.2. The fourth-order valence-electron chi connectivity index (χ4n) is 2.57. The number of benzene rings is 2. The van der Waals surface area contributed by atoms with E-state index in [1.807, 2.05) is 39.0 Å². The number of amides is 1. The lowest BCUT2D eigenvalue weighted by Crippen LogP contribution is -2.14. The van der Waals surface area contributed by atoms with Gasteiger partial charge in [0.2, 0.25) is 0 Å². The third-order valence-corrected chi connectivity index (χ3v) is 3.74. The number of nitriles is 1. The van der Waals surface area contributed by atoms with Gasteiger partial charge in [-0.25, -0.2) is 0 Å². The number of carbonyl (C=O) groups excluding carboxylic acids is 1. The number of nitrogens with one attached hydrogen (secondary N) is 2. The largest absolute Gasteiger partial charge is 0.360 e. The average Bonchev–Trinajstić information content (AvgIpc) is 2.57. The highest BCUT2D eigenvalue weighted by atomic mass is 16.6. The second kappa shape index (κ2) is 7.94. The van der Waals surface area contributed by atoms with Crippen LogP contribution in [0.15, 0.2) is 48.2 Å². The Bertz CT molecular complexity index is 902. The van der Waals surface area contributed by atoms with E-state index >= 15 is 0 Å². The van der Waals surface area contributed by atoms with Gasteiger partial charge in [0, 0.05) is 29.7 Å². The van der Waals surface area contributed by atoms with Gasteiger partial charge >= 0.3 is 0 Å². The minimum Gasteiger partial charge on any atom is -0.360 e. The van der Waals surface area contributed by atoms with Crippen LogP contribution in [0.5, 0.6) is 0 Å². The Morgan fingerprint density at radius 2 is 1.73 bits per heavy atom. The summed E-state index contributed by atoms with van der Waals surface area (Å²) in [7, 11) is 0. The second-order valence-corrected chi connectivity index (χ2v) is 5.85. The molecule has 0 heterocycles. The Kier molecular flexibility index (Phi) is 5.71. The van der Waals surface area contributed by atoms with Crippen molar-refractivity contribution in [3.8, 4) is 6.07 Å². The Morgan fingerprint density at radius 1 is 1.15 bits per heavy atom. The fraction of sp³-hybridized carbons (Fsp3) is 0.158. The van der Waals surface area contributed by atoms with Gasteiger partial charge in [0.15, 0.2) is 0 Å². The Balaban J connectivity index is 2.15. The topological polar surface area (TPSA) is 108 Å². The van der Waals surface area contributed by atoms with Crippen LogP contribution in [0.3, 0.4) is 0 Å². The molecule has 0 saturated carbocycles. The van der Waals surface area contributed by atoms with Crippen LogP contribution < -0.4 is 10.6 Å². The second-order valence-electron chi connectivity index (χ2n) is 5.85. The molecular formula is C19H18N4O3. The fourth-order valence-corrected chi connectivity index (χ4v) is 2.57. The van der Waals surface area contributed by atoms with Crippen molar-refractivity contribution in [1.82, 2.24) is 0 Å². The van der Waals surface area contributed by atoms with Crippen LogP contribution >= 0.6 is 0 Å². The highest BCUT2D eigenvalue weighted by Gasteiger charge is 2.11. The lowest BCUT2D eigenvalue weighted by Gasteiger charge is -2.11. The van der Waals surface area contributed by atoms with E-state index in [9.17, 15) is 20.2 Å². The molecule has 0 unspecified atom stereocenters. The molecule has 0 aliphatic carbocycles. The van der Waals surface area contributed by atoms with Crippen molar-refractivity contribution in [3.63, 3.8) is 0 Å². The van der Waals surface area contributed by atoms with Crippen LogP contribution in [0.25, 0.3) is 0 Å². The van der Waals surface area contributed by atoms with E-state index in [2.05, 4.69) is 10.6 Å². The molecule has 2 N–H and O–H groups in total. The van der Waals surface area contributed by atoms with Gasteiger partial charge in [-0.3, -0.25) is 14.9 Å². The minimum absolute atomic E-state index is 0.0777. The number of aryl methyl sites for hydroxylation is 3. The monoisotopic (exact) mass is 350 g/mol. The maximum Gasteiger partial charge on any atom is 0.269 e. The molecule has 2 rings (SSSR count). The van der Waals surface area contributed by atoms with Crippen LogP contribution in [-0.2, 0) is 4.79 Å². The predicted molar refractivity (Wildman–Crippen MR) is 99.7 cm³/mol. The lowest BCUT2D eigenvalue weighted by molar-refractivity contribution is -0.384. The summed E-state index contributed by atoms with van der Waals surface area (Å²) in [5.41, 5.74) is 4.16. The van der Waals surface area contributed by atoms with E-state index in [0.29, 0.717) is 5.69 Å². The summed E-state index contributed by atoms with van der Waals surface area (Å²) < 4.78 is 0. The summed E-state index contributed by atoms with van der Waals surface area (Å²) in [5, 5.41) is 25.4. The van der Waals surface area contributed by atoms with Crippen molar-refractivity contribution < 1.29 is 9.72 Å². The summed E-state index contributed by atoms with van der Waals surface area (Å²) in [5.74, 6) is -0.601. The summed E-state index contributed by atoms with van der Waals surface area (Å²) in [6, 6.07) is 11.2. The molecule has 0 fully saturated rings. The van der Waals surface area contributed by atoms with Gasteiger partial charge in [-0.2, -0.15) is 5.26 Å². The molecule has 0 saturated heterocycles. The normalized spacial score (nSPS) is 10.8. The van der Waals surface area contributed by atoms with Crippen molar-refractivity contribution in [2.75, 3.05) is 10.6 Å². The van der Waals surface area contributed by atoms with E-state index in [1.165, 1.54) is 30.5 Å². The smallest absolute Gasteiger partial charge is 0.269 e. The SMILES string of the molecule is Cc1cc(C)c(N/C=C(/C#N)C(=O)Nc2ccc([N+](=O)[O-])cc2)c(C)c1. The van der Waals surface area contributed by atoms with Crippen molar-refractivity contribution >= 4 is 23.0 Å². The van der Waals surface area contributed by atoms with Crippen LogP contribution in [0, 0.1) is 42.2 Å². The molecule has 2 aromatic carbocycles. The number of non-ortho nitro benzene ring substituents is 1. The molecule has 1 amide bonds. The van der Waals surface area contributed by atoms with Gasteiger partial charge in [-0.15, -0.1) is 0 Å². The number of anilines is 2. The number of nitrogens with zero attached hydrogens (tertiary/aromatic N) is 2. The Labute approximate surface area is 151 Å². The first-order valence-electron chi connectivity index (χ1n) is 7.82. The third-order valence-electron chi connectivity index (χ3n) is 3.74. The summed E-state index contributed by atoms with van der Waals surface area (Å²) in [6.07, 6.45) is 1.35. The highest BCUT2D eigenvalue weighted by molar-refractivity contribution is 6.06. The zero-order valence-corrected chi connectivity index (χ0v) is 14.7. The lowest BCUT2D eigenvalue weighted by atomic mass is 10.1. The summed E-state index contributed by atoms with van der Waals surface area (Å²) >= 11 is 0. The standard InChI is InChI=1S/C19H18N4O3/c1-12-8-13(2)18(14(3)9-12)21-11-15(10-20)19(24)22-16-4-6-17(7-5-16)23(25)26/h4-9,11,21H,1-3H3,(H,22,24)/b15-11-. The van der Waals surface area contributed by atoms with Crippen molar-refractivity contribution in [2.24, 2.45) is 0 Å². The molecule has 0 atom stereocenters. The molecule has 132 valence electrons. The van der Waals surface area contributed by atoms with Gasteiger partial charge in [0.05, 0.1) is 4.92 Å². The van der Waals surface area contributed by atoms with E-state index in [1.54, 1.807) is 0 Å². The Morgan fingerprint density at radius 3 is 2.23 bits per heavy atom. The van der Waals surface area contributed by atoms with Gasteiger partial charge < -0.3 is 10.6 Å². The summed E-state index contributed by atoms with van der Waals surface area (Å²) in [6.45, 7) is 5.89. The average molecular weight is 350 g/mol. The molecule has 0 spiro atoms. The molecular weight excluding hydrogens is 332 g/mol. The van der Waals surface area contributed by atoms with Gasteiger partial charge in [0.1, 0.15) is 11.6 Å². The first kappa shape index (κ1) is 18.7. The van der Waals surface area contributed by atoms with E-state index in [0.717, 1.165) is 22.4 Å². The molecule has 0 aliphatic heterocycles. The molecule has 7 heteroatoms. The quantitative estimate of drug-likeness (QED) is 0.367. The molecule has 2 aromatic rings. The van der Waals surface area contributed by atoms with E-state index in [-0.39, 0.29) is 11.3 Å². The maximum absolute atomic E-state index is 12.2. The first-order valence-corrected chi connectivity index (χ1v) is 7.82. The zero-order valence-electron chi connectivity index (χ0n) is 14.7. The van der Waals surface area contributed by atoms with Crippen LogP contribution in [0.2, 0.25) is 0 Å². The Hall–Kier alpha value is -3.66. The van der Waals surface area contributed by atoms with Crippen LogP contribution in [0.4, 0.5) is 17.1 Å². The third kappa shape index (κ3) is 4.45. The molecule has 0 aliphatic rings. The number of hydrogen-bond donors (Lipinski definition) is 2. The number of hydrogen-bond acceptors (Lipinski definition) is 5. The molecule has 26 heavy (non-hydrogen) atoms. The minimum atomic E-state index is -0.601. The number of nitro groups is 1. The van der Waals surface area contributed by atoms with Gasteiger partial charge in [-0.05, 0) is 44.0 Å². The van der Waals surface area contributed by atoms with Crippen molar-refractivity contribution in [2.45, 2.75) is 20.8 Å². The molecule has 0 aromatic heterocycles. The number of carbonyl (C=O) groups is 1. The van der Waals surface area contributed by atoms with Crippen LogP contribution in [-0.4, -0.2) is 10.8 Å². The van der Waals surface area contributed by atoms with E-state index < -0.39 is 10.8 Å².